The standard InChI is InChI=1S/C5H9O/c1-2-6-5-3-4-5/h2-4H2,1H3. The van der Waals surface area contributed by atoms with Gasteiger partial charge in [0.1, 0.15) is 0 Å². The summed E-state index contributed by atoms with van der Waals surface area (Å²) in [5.74, 6) is 0. The fourth-order valence-electron chi connectivity index (χ4n) is 0.399. The molecule has 35 valence electrons. The molecule has 6 heavy (non-hydrogen) atoms. The van der Waals surface area contributed by atoms with Crippen LogP contribution in [0.15, 0.2) is 0 Å². The Morgan fingerprint density at radius 3 is 2.50 bits per heavy atom. The maximum absolute atomic E-state index is 5.07. The minimum atomic E-state index is 0.856. The van der Waals surface area contributed by atoms with Gasteiger partial charge in [0.15, 0.2) is 0 Å². The van der Waals surface area contributed by atoms with E-state index in [4.69, 9.17) is 4.74 Å². The maximum atomic E-state index is 5.07. The number of rotatable bonds is 2. The third kappa shape index (κ3) is 0.977. The van der Waals surface area contributed by atoms with E-state index in [2.05, 4.69) is 0 Å². The molecule has 1 rings (SSSR count). The van der Waals surface area contributed by atoms with Crippen molar-refractivity contribution in [1.82, 2.24) is 0 Å². The number of hydrogen-bond acceptors (Lipinski definition) is 1. The molecule has 0 aliphatic heterocycles. The summed E-state index contributed by atoms with van der Waals surface area (Å²) in [5.41, 5.74) is 0. The molecule has 1 heteroatoms. The van der Waals surface area contributed by atoms with Crippen LogP contribution in [0.3, 0.4) is 0 Å². The van der Waals surface area contributed by atoms with Crippen LogP contribution >= 0.6 is 0 Å². The van der Waals surface area contributed by atoms with Gasteiger partial charge < -0.3 is 4.74 Å². The van der Waals surface area contributed by atoms with Crippen molar-refractivity contribution < 1.29 is 4.74 Å². The van der Waals surface area contributed by atoms with Crippen molar-refractivity contribution in [3.8, 4) is 0 Å². The molecule has 0 amide bonds. The first-order valence-electron chi connectivity index (χ1n) is 2.41. The summed E-state index contributed by atoms with van der Waals surface area (Å²) in [6.07, 6.45) is 3.72. The Bertz CT molecular complexity index is 39.2. The van der Waals surface area contributed by atoms with E-state index in [1.165, 1.54) is 18.9 Å². The van der Waals surface area contributed by atoms with Gasteiger partial charge in [0.2, 0.25) is 0 Å². The normalized spacial score (nSPS) is 21.5. The van der Waals surface area contributed by atoms with Crippen LogP contribution in [0.25, 0.3) is 0 Å². The van der Waals surface area contributed by atoms with Crippen LogP contribution in [0.5, 0.6) is 0 Å². The summed E-state index contributed by atoms with van der Waals surface area (Å²) >= 11 is 0. The lowest BCUT2D eigenvalue weighted by Crippen LogP contribution is -1.81. The zero-order chi connectivity index (χ0) is 4.41. The highest BCUT2D eigenvalue weighted by Gasteiger charge is 2.22. The molecular weight excluding hydrogens is 76.1 g/mol. The van der Waals surface area contributed by atoms with Crippen molar-refractivity contribution in [2.45, 2.75) is 19.8 Å². The van der Waals surface area contributed by atoms with Crippen LogP contribution in [0.2, 0.25) is 0 Å². The lowest BCUT2D eigenvalue weighted by molar-refractivity contribution is 0.203. The highest BCUT2D eigenvalue weighted by Crippen LogP contribution is 2.32. The molecule has 0 aromatic heterocycles. The van der Waals surface area contributed by atoms with E-state index < -0.39 is 0 Å². The van der Waals surface area contributed by atoms with E-state index in [0.717, 1.165) is 6.61 Å². The third-order valence-electron chi connectivity index (χ3n) is 0.803. The summed E-state index contributed by atoms with van der Waals surface area (Å²) in [6, 6.07) is 0. The Kier molecular flexibility index (Phi) is 1.10. The van der Waals surface area contributed by atoms with Gasteiger partial charge in [0.05, 0.1) is 6.10 Å². The molecule has 1 radical (unpaired) electrons. The minimum absolute atomic E-state index is 0.856. The maximum Gasteiger partial charge on any atom is 0.0972 e. The highest BCUT2D eigenvalue weighted by molar-refractivity contribution is 4.94. The largest absolute Gasteiger partial charge is 0.372 e. The summed E-state index contributed by atoms with van der Waals surface area (Å²) in [5, 5.41) is 0. The number of ether oxygens (including phenoxy) is 1. The third-order valence-corrected chi connectivity index (χ3v) is 0.803. The smallest absolute Gasteiger partial charge is 0.0972 e. The van der Waals surface area contributed by atoms with Crippen LogP contribution in [-0.2, 0) is 4.74 Å². The van der Waals surface area contributed by atoms with E-state index in [-0.39, 0.29) is 0 Å². The molecule has 0 bridgehead atoms. The van der Waals surface area contributed by atoms with Gasteiger partial charge in [-0.2, -0.15) is 0 Å². The predicted molar refractivity (Wildman–Crippen MR) is 24.1 cm³/mol. The fourth-order valence-corrected chi connectivity index (χ4v) is 0.399. The molecule has 0 atom stereocenters. The second-order valence-electron chi connectivity index (χ2n) is 1.47. The molecule has 0 aromatic carbocycles. The van der Waals surface area contributed by atoms with Gasteiger partial charge in [0, 0.05) is 6.61 Å². The van der Waals surface area contributed by atoms with Gasteiger partial charge in [-0.05, 0) is 19.8 Å². The molecule has 0 unspecified atom stereocenters. The molecule has 0 saturated heterocycles. The van der Waals surface area contributed by atoms with Gasteiger partial charge in [0.25, 0.3) is 0 Å². The lowest BCUT2D eigenvalue weighted by atomic mass is 10.8. The zero-order valence-electron chi connectivity index (χ0n) is 4.03. The van der Waals surface area contributed by atoms with Crippen molar-refractivity contribution in [2.75, 3.05) is 6.61 Å². The van der Waals surface area contributed by atoms with E-state index >= 15 is 0 Å². The van der Waals surface area contributed by atoms with Crippen molar-refractivity contribution in [1.29, 1.82) is 0 Å². The van der Waals surface area contributed by atoms with Crippen molar-refractivity contribution in [2.24, 2.45) is 0 Å². The van der Waals surface area contributed by atoms with Gasteiger partial charge in [-0.15, -0.1) is 0 Å². The first-order valence-corrected chi connectivity index (χ1v) is 2.41. The average Bonchev–Trinajstić information content (AvgIpc) is 2.21. The van der Waals surface area contributed by atoms with Crippen LogP contribution < -0.4 is 0 Å². The molecule has 1 nitrogen and oxygen atoms in total. The fraction of sp³-hybridized carbons (Fsp3) is 0.800. The van der Waals surface area contributed by atoms with Crippen molar-refractivity contribution in [3.63, 3.8) is 0 Å². The van der Waals surface area contributed by atoms with Gasteiger partial charge in [-0.1, -0.05) is 0 Å². The molecule has 0 spiro atoms. The van der Waals surface area contributed by atoms with Crippen molar-refractivity contribution >= 4 is 0 Å². The summed E-state index contributed by atoms with van der Waals surface area (Å²) in [7, 11) is 0. The van der Waals surface area contributed by atoms with Crippen LogP contribution in [0.1, 0.15) is 19.8 Å². The first kappa shape index (κ1) is 4.13. The van der Waals surface area contributed by atoms with Gasteiger partial charge >= 0.3 is 0 Å². The SMILES string of the molecule is CCO[C]1CC1. The molecule has 1 fully saturated rings. The minimum Gasteiger partial charge on any atom is -0.372 e. The Morgan fingerprint density at radius 1 is 1.67 bits per heavy atom. The first-order chi connectivity index (χ1) is 2.93. The highest BCUT2D eigenvalue weighted by atomic mass is 16.5. The van der Waals surface area contributed by atoms with Crippen LogP contribution in [0, 0.1) is 6.10 Å². The summed E-state index contributed by atoms with van der Waals surface area (Å²) in [4.78, 5) is 0. The molecule has 0 aromatic rings. The van der Waals surface area contributed by atoms with Gasteiger partial charge in [-0.25, -0.2) is 0 Å². The second kappa shape index (κ2) is 1.61. The Balaban J connectivity index is 1.88. The molecular formula is C5H9O. The molecule has 1 aliphatic carbocycles. The molecule has 0 heterocycles. The van der Waals surface area contributed by atoms with Crippen molar-refractivity contribution in [3.05, 3.63) is 6.10 Å². The molecule has 1 aliphatic rings. The Morgan fingerprint density at radius 2 is 2.33 bits per heavy atom. The van der Waals surface area contributed by atoms with E-state index in [1.807, 2.05) is 6.92 Å². The predicted octanol–water partition coefficient (Wildman–Crippen LogP) is 1.35. The Hall–Kier alpha value is -0.0400. The lowest BCUT2D eigenvalue weighted by Gasteiger charge is -1.88. The Labute approximate surface area is 38.3 Å². The van der Waals surface area contributed by atoms with E-state index in [1.54, 1.807) is 0 Å². The topological polar surface area (TPSA) is 9.23 Å². The molecule has 0 N–H and O–H groups in total. The summed E-state index contributed by atoms with van der Waals surface area (Å²) in [6.45, 7) is 2.88. The monoisotopic (exact) mass is 85.1 g/mol. The van der Waals surface area contributed by atoms with E-state index in [9.17, 15) is 0 Å². The van der Waals surface area contributed by atoms with E-state index in [0.29, 0.717) is 0 Å². The summed E-state index contributed by atoms with van der Waals surface area (Å²) < 4.78 is 5.07. The van der Waals surface area contributed by atoms with Gasteiger partial charge in [-0.3, -0.25) is 0 Å². The number of hydrogen-bond donors (Lipinski definition) is 0. The quantitative estimate of drug-likeness (QED) is 0.491. The zero-order valence-corrected chi connectivity index (χ0v) is 4.03. The average molecular weight is 85.1 g/mol. The van der Waals surface area contributed by atoms with Crippen LogP contribution in [0.4, 0.5) is 0 Å². The van der Waals surface area contributed by atoms with Crippen LogP contribution in [-0.4, -0.2) is 6.61 Å². The second-order valence-corrected chi connectivity index (χ2v) is 1.47. The molecule has 1 saturated carbocycles.